The van der Waals surface area contributed by atoms with Crippen LogP contribution in [-0.4, -0.2) is 11.7 Å². The standard InChI is InChI=1S/C23H20N2O4/c1-14(26)25-18-7-3-2-6-16(18)24-17-12-15(20-8-4-10-28-20)13-19(27)22(17)23(25)21-9-5-11-29-21/h2-12,15,22-24H,13H2,1H3. The maximum atomic E-state index is 13.4. The number of rotatable bonds is 2. The van der Waals surface area contributed by atoms with Gasteiger partial charge >= 0.3 is 0 Å². The highest BCUT2D eigenvalue weighted by Gasteiger charge is 2.45. The van der Waals surface area contributed by atoms with Crippen molar-refractivity contribution in [1.29, 1.82) is 0 Å². The molecule has 3 aromatic rings. The van der Waals surface area contributed by atoms with Gasteiger partial charge < -0.3 is 14.2 Å². The molecule has 146 valence electrons. The van der Waals surface area contributed by atoms with Crippen molar-refractivity contribution in [3.63, 3.8) is 0 Å². The largest absolute Gasteiger partial charge is 0.469 e. The number of nitrogens with zero attached hydrogens (tertiary/aromatic N) is 1. The highest BCUT2D eigenvalue weighted by Crippen LogP contribution is 2.47. The number of furan rings is 2. The number of anilines is 2. The van der Waals surface area contributed by atoms with Gasteiger partial charge in [-0.25, -0.2) is 0 Å². The molecule has 0 saturated carbocycles. The number of allylic oxidation sites excluding steroid dienone is 1. The zero-order chi connectivity index (χ0) is 20.0. The first-order chi connectivity index (χ1) is 14.1. The van der Waals surface area contributed by atoms with Crippen LogP contribution in [0.4, 0.5) is 11.4 Å². The van der Waals surface area contributed by atoms with Crippen molar-refractivity contribution in [2.24, 2.45) is 5.92 Å². The zero-order valence-electron chi connectivity index (χ0n) is 15.9. The van der Waals surface area contributed by atoms with Crippen LogP contribution in [0.15, 0.2) is 81.7 Å². The maximum absolute atomic E-state index is 13.4. The number of Topliss-reactive ketones (excluding diaryl/α,β-unsaturated/α-hetero) is 1. The van der Waals surface area contributed by atoms with Crippen molar-refractivity contribution >= 4 is 23.1 Å². The fraction of sp³-hybridized carbons (Fsp3) is 0.217. The number of hydrogen-bond acceptors (Lipinski definition) is 5. The predicted molar refractivity (Wildman–Crippen MR) is 107 cm³/mol. The van der Waals surface area contributed by atoms with Crippen molar-refractivity contribution < 1.29 is 18.4 Å². The van der Waals surface area contributed by atoms with E-state index in [4.69, 9.17) is 8.83 Å². The average molecular weight is 388 g/mol. The lowest BCUT2D eigenvalue weighted by molar-refractivity contribution is -0.123. The second-order valence-corrected chi connectivity index (χ2v) is 7.38. The van der Waals surface area contributed by atoms with Crippen LogP contribution in [0.2, 0.25) is 0 Å². The number of hydrogen-bond donors (Lipinski definition) is 1. The molecule has 29 heavy (non-hydrogen) atoms. The summed E-state index contributed by atoms with van der Waals surface area (Å²) in [7, 11) is 0. The lowest BCUT2D eigenvalue weighted by Gasteiger charge is -2.35. The Bertz CT molecular complexity index is 1080. The number of para-hydroxylation sites is 2. The summed E-state index contributed by atoms with van der Waals surface area (Å²) < 4.78 is 11.3. The number of fused-ring (bicyclic) bond motifs is 2. The van der Waals surface area contributed by atoms with Crippen LogP contribution in [0.3, 0.4) is 0 Å². The summed E-state index contributed by atoms with van der Waals surface area (Å²) in [5.41, 5.74) is 2.26. The molecule has 2 aliphatic rings. The molecule has 0 spiro atoms. The fourth-order valence-electron chi connectivity index (χ4n) is 4.41. The molecule has 6 nitrogen and oxygen atoms in total. The number of benzene rings is 1. The minimum absolute atomic E-state index is 0.0388. The van der Waals surface area contributed by atoms with Gasteiger partial charge in [0, 0.05) is 25.0 Å². The van der Waals surface area contributed by atoms with Crippen molar-refractivity contribution in [3.8, 4) is 0 Å². The number of nitrogens with one attached hydrogen (secondary N) is 1. The molecular formula is C23H20N2O4. The summed E-state index contributed by atoms with van der Waals surface area (Å²) in [5, 5.41) is 3.42. The molecule has 1 amide bonds. The van der Waals surface area contributed by atoms with E-state index >= 15 is 0 Å². The van der Waals surface area contributed by atoms with Gasteiger partial charge in [-0.05, 0) is 36.4 Å². The molecule has 1 aliphatic heterocycles. The van der Waals surface area contributed by atoms with E-state index in [1.165, 1.54) is 6.92 Å². The molecule has 3 atom stereocenters. The summed E-state index contributed by atoms with van der Waals surface area (Å²) in [4.78, 5) is 27.8. The average Bonchev–Trinajstić information content (AvgIpc) is 3.39. The zero-order valence-corrected chi connectivity index (χ0v) is 15.9. The van der Waals surface area contributed by atoms with Crippen LogP contribution in [0.25, 0.3) is 0 Å². The number of carbonyl (C=O) groups excluding carboxylic acids is 2. The lowest BCUT2D eigenvalue weighted by atomic mass is 9.78. The van der Waals surface area contributed by atoms with Crippen molar-refractivity contribution in [3.05, 3.63) is 84.4 Å². The Morgan fingerprint density at radius 3 is 2.45 bits per heavy atom. The summed E-state index contributed by atoms with van der Waals surface area (Å²) in [6.07, 6.45) is 5.54. The Labute approximate surface area is 167 Å². The monoisotopic (exact) mass is 388 g/mol. The first kappa shape index (κ1) is 17.6. The molecular weight excluding hydrogens is 368 g/mol. The first-order valence-corrected chi connectivity index (χ1v) is 9.60. The van der Waals surface area contributed by atoms with E-state index in [0.29, 0.717) is 12.2 Å². The second-order valence-electron chi connectivity index (χ2n) is 7.38. The lowest BCUT2D eigenvalue weighted by Crippen LogP contribution is -2.41. The van der Waals surface area contributed by atoms with Gasteiger partial charge in [0.2, 0.25) is 5.91 Å². The third-order valence-electron chi connectivity index (χ3n) is 5.60. The minimum atomic E-state index is -0.560. The van der Waals surface area contributed by atoms with Crippen LogP contribution >= 0.6 is 0 Å². The molecule has 0 radical (unpaired) electrons. The first-order valence-electron chi connectivity index (χ1n) is 9.60. The SMILES string of the molecule is CC(=O)N1c2ccccc2NC2=CC(c3ccco3)CC(=O)C2C1c1ccco1. The molecule has 0 bridgehead atoms. The highest BCUT2D eigenvalue weighted by atomic mass is 16.3. The molecule has 0 fully saturated rings. The smallest absolute Gasteiger partial charge is 0.224 e. The topological polar surface area (TPSA) is 75.7 Å². The van der Waals surface area contributed by atoms with E-state index < -0.39 is 12.0 Å². The molecule has 1 aromatic carbocycles. The molecule has 6 heteroatoms. The normalized spacial score (nSPS) is 23.5. The van der Waals surface area contributed by atoms with Gasteiger partial charge in [-0.15, -0.1) is 0 Å². The third-order valence-corrected chi connectivity index (χ3v) is 5.60. The van der Waals surface area contributed by atoms with Gasteiger partial charge in [0.05, 0.1) is 29.8 Å². The molecule has 5 rings (SSSR count). The van der Waals surface area contributed by atoms with Crippen molar-refractivity contribution in [2.45, 2.75) is 25.3 Å². The summed E-state index contributed by atoms with van der Waals surface area (Å²) in [5.74, 6) is 0.522. The maximum Gasteiger partial charge on any atom is 0.224 e. The quantitative estimate of drug-likeness (QED) is 0.692. The van der Waals surface area contributed by atoms with Gasteiger partial charge in [-0.3, -0.25) is 14.5 Å². The van der Waals surface area contributed by atoms with E-state index in [9.17, 15) is 9.59 Å². The van der Waals surface area contributed by atoms with Gasteiger partial charge in [-0.2, -0.15) is 0 Å². The Morgan fingerprint density at radius 1 is 1.03 bits per heavy atom. The number of amides is 1. The van der Waals surface area contributed by atoms with Gasteiger partial charge in [0.15, 0.2) is 0 Å². The van der Waals surface area contributed by atoms with E-state index in [-0.39, 0.29) is 17.6 Å². The van der Waals surface area contributed by atoms with E-state index in [2.05, 4.69) is 5.32 Å². The van der Waals surface area contributed by atoms with Crippen molar-refractivity contribution in [2.75, 3.05) is 10.2 Å². The predicted octanol–water partition coefficient (Wildman–Crippen LogP) is 4.65. The summed E-state index contributed by atoms with van der Waals surface area (Å²) in [6.45, 7) is 1.51. The van der Waals surface area contributed by atoms with Crippen LogP contribution in [0.1, 0.15) is 36.8 Å². The number of ketones is 1. The molecule has 0 saturated heterocycles. The Kier molecular flexibility index (Phi) is 4.12. The van der Waals surface area contributed by atoms with Gasteiger partial charge in [-0.1, -0.05) is 18.2 Å². The van der Waals surface area contributed by atoms with E-state index in [0.717, 1.165) is 22.8 Å². The summed E-state index contributed by atoms with van der Waals surface area (Å²) >= 11 is 0. The van der Waals surface area contributed by atoms with Crippen molar-refractivity contribution in [1.82, 2.24) is 0 Å². The molecule has 1 aliphatic carbocycles. The fourth-order valence-corrected chi connectivity index (χ4v) is 4.41. The second kappa shape index (κ2) is 6.81. The molecule has 3 heterocycles. The Hall–Kier alpha value is -3.54. The molecule has 2 aromatic heterocycles. The van der Waals surface area contributed by atoms with Crippen LogP contribution < -0.4 is 10.2 Å². The van der Waals surface area contributed by atoms with Gasteiger partial charge in [0.25, 0.3) is 0 Å². The Morgan fingerprint density at radius 2 is 1.76 bits per heavy atom. The van der Waals surface area contributed by atoms with E-state index in [1.54, 1.807) is 23.5 Å². The number of carbonyl (C=O) groups is 2. The van der Waals surface area contributed by atoms with E-state index in [1.807, 2.05) is 48.5 Å². The molecule has 1 N–H and O–H groups in total. The van der Waals surface area contributed by atoms with Crippen LogP contribution in [0, 0.1) is 5.92 Å². The third kappa shape index (κ3) is 2.88. The Balaban J connectivity index is 1.72. The van der Waals surface area contributed by atoms with Gasteiger partial charge in [0.1, 0.15) is 23.3 Å². The summed E-state index contributed by atoms with van der Waals surface area (Å²) in [6, 6.07) is 14.3. The molecule has 3 unspecified atom stereocenters. The van der Waals surface area contributed by atoms with Crippen LogP contribution in [-0.2, 0) is 9.59 Å². The highest BCUT2D eigenvalue weighted by molar-refractivity contribution is 6.00. The minimum Gasteiger partial charge on any atom is -0.469 e. The van der Waals surface area contributed by atoms with Crippen LogP contribution in [0.5, 0.6) is 0 Å².